The predicted molar refractivity (Wildman–Crippen MR) is 105 cm³/mol. The summed E-state index contributed by atoms with van der Waals surface area (Å²) in [6.07, 6.45) is 0.386. The second-order valence-electron chi connectivity index (χ2n) is 8.53. The summed E-state index contributed by atoms with van der Waals surface area (Å²) in [5, 5.41) is 0. The molecule has 0 bridgehead atoms. The molecule has 0 aliphatic carbocycles. The maximum atomic E-state index is 13.7. The molecule has 2 aliphatic heterocycles. The van der Waals surface area contributed by atoms with Crippen molar-refractivity contribution in [2.75, 3.05) is 37.7 Å². The molecule has 27 heavy (non-hydrogen) atoms. The average Bonchev–Trinajstić information content (AvgIpc) is 2.76. The van der Waals surface area contributed by atoms with Crippen molar-refractivity contribution in [3.63, 3.8) is 0 Å². The van der Waals surface area contributed by atoms with Gasteiger partial charge < -0.3 is 19.3 Å². The first-order chi connectivity index (χ1) is 12.7. The number of anilines is 1. The fraction of sp³-hybridized carbons (Fsp3) is 0.667. The summed E-state index contributed by atoms with van der Waals surface area (Å²) in [4.78, 5) is 16.3. The number of hydrogen-bond donors (Lipinski definition) is 0. The van der Waals surface area contributed by atoms with E-state index in [0.717, 1.165) is 29.8 Å². The SMILES string of the molecule is Cc1c2c(cc3c1N(C[C@H](C)F)CCO3)CCN(C(=O)OC(C)(C)C)CC2. The van der Waals surface area contributed by atoms with Gasteiger partial charge in [0.05, 0.1) is 12.2 Å². The maximum absolute atomic E-state index is 13.7. The van der Waals surface area contributed by atoms with Crippen molar-refractivity contribution in [3.05, 3.63) is 22.8 Å². The van der Waals surface area contributed by atoms with Crippen LogP contribution >= 0.6 is 0 Å². The molecule has 1 atom stereocenters. The molecular formula is C21H31FN2O3. The lowest BCUT2D eigenvalue weighted by Gasteiger charge is -2.34. The van der Waals surface area contributed by atoms with Gasteiger partial charge in [0.15, 0.2) is 0 Å². The van der Waals surface area contributed by atoms with Crippen LogP contribution in [-0.2, 0) is 17.6 Å². The minimum atomic E-state index is -0.892. The Hall–Kier alpha value is -1.98. The normalized spacial score (nSPS) is 18.1. The van der Waals surface area contributed by atoms with E-state index in [0.29, 0.717) is 32.8 Å². The second kappa shape index (κ2) is 7.56. The largest absolute Gasteiger partial charge is 0.490 e. The molecule has 3 rings (SSSR count). The van der Waals surface area contributed by atoms with E-state index in [2.05, 4.69) is 17.9 Å². The van der Waals surface area contributed by atoms with Crippen molar-refractivity contribution < 1.29 is 18.7 Å². The van der Waals surface area contributed by atoms with Crippen molar-refractivity contribution in [2.45, 2.75) is 59.2 Å². The van der Waals surface area contributed by atoms with Gasteiger partial charge in [0.2, 0.25) is 0 Å². The Morgan fingerprint density at radius 3 is 2.67 bits per heavy atom. The number of benzene rings is 1. The molecule has 1 aromatic carbocycles. The minimum absolute atomic E-state index is 0.262. The average molecular weight is 378 g/mol. The molecule has 0 saturated heterocycles. The van der Waals surface area contributed by atoms with Gasteiger partial charge in [-0.15, -0.1) is 0 Å². The lowest BCUT2D eigenvalue weighted by Crippen LogP contribution is -2.38. The molecule has 5 nitrogen and oxygen atoms in total. The third-order valence-electron chi connectivity index (χ3n) is 5.08. The fourth-order valence-electron chi connectivity index (χ4n) is 3.94. The standard InChI is InChI=1S/C21H31FN2O3/c1-14(22)13-24-10-11-26-18-12-16-6-8-23(20(25)27-21(3,4)5)9-7-17(16)15(2)19(18)24/h12,14H,6-11,13H2,1-5H3/t14-/m0/s1. The van der Waals surface area contributed by atoms with Gasteiger partial charge in [0.1, 0.15) is 24.1 Å². The van der Waals surface area contributed by atoms with E-state index < -0.39 is 11.8 Å². The van der Waals surface area contributed by atoms with Crippen molar-refractivity contribution in [1.82, 2.24) is 4.90 Å². The van der Waals surface area contributed by atoms with Crippen LogP contribution in [0.3, 0.4) is 0 Å². The summed E-state index contributed by atoms with van der Waals surface area (Å²) < 4.78 is 25.1. The number of carbonyl (C=O) groups is 1. The Kier molecular flexibility index (Phi) is 5.54. The van der Waals surface area contributed by atoms with E-state index in [4.69, 9.17) is 9.47 Å². The highest BCUT2D eigenvalue weighted by atomic mass is 19.1. The van der Waals surface area contributed by atoms with Crippen LogP contribution in [0.1, 0.15) is 44.4 Å². The van der Waals surface area contributed by atoms with Gasteiger partial charge in [0, 0.05) is 19.6 Å². The zero-order chi connectivity index (χ0) is 19.8. The molecule has 0 aromatic heterocycles. The van der Waals surface area contributed by atoms with E-state index in [9.17, 15) is 9.18 Å². The smallest absolute Gasteiger partial charge is 0.410 e. The molecule has 150 valence electrons. The van der Waals surface area contributed by atoms with Gasteiger partial charge >= 0.3 is 6.09 Å². The van der Waals surface area contributed by atoms with Crippen LogP contribution in [0.2, 0.25) is 0 Å². The van der Waals surface area contributed by atoms with E-state index in [1.807, 2.05) is 20.8 Å². The van der Waals surface area contributed by atoms with E-state index >= 15 is 0 Å². The quantitative estimate of drug-likeness (QED) is 0.783. The van der Waals surface area contributed by atoms with E-state index in [1.165, 1.54) is 11.1 Å². The van der Waals surface area contributed by atoms with Crippen LogP contribution in [0.25, 0.3) is 0 Å². The lowest BCUT2D eigenvalue weighted by molar-refractivity contribution is 0.0258. The predicted octanol–water partition coefficient (Wildman–Crippen LogP) is 3.89. The number of amides is 1. The minimum Gasteiger partial charge on any atom is -0.490 e. The monoisotopic (exact) mass is 378 g/mol. The van der Waals surface area contributed by atoms with Crippen LogP contribution in [0.4, 0.5) is 14.9 Å². The fourth-order valence-corrected chi connectivity index (χ4v) is 3.94. The summed E-state index contributed by atoms with van der Waals surface area (Å²) in [5.41, 5.74) is 4.13. The Bertz CT molecular complexity index is 712. The molecule has 0 saturated carbocycles. The molecule has 6 heteroatoms. The Balaban J connectivity index is 1.85. The van der Waals surface area contributed by atoms with Gasteiger partial charge in [-0.25, -0.2) is 9.18 Å². The molecule has 0 fully saturated rings. The highest BCUT2D eigenvalue weighted by Crippen LogP contribution is 2.40. The highest BCUT2D eigenvalue weighted by Gasteiger charge is 2.29. The molecule has 0 radical (unpaired) electrons. The van der Waals surface area contributed by atoms with Gasteiger partial charge in [-0.05, 0) is 70.2 Å². The van der Waals surface area contributed by atoms with Crippen LogP contribution in [0.5, 0.6) is 5.75 Å². The summed E-state index contributed by atoms with van der Waals surface area (Å²) in [6, 6.07) is 2.09. The van der Waals surface area contributed by atoms with E-state index in [1.54, 1.807) is 11.8 Å². The van der Waals surface area contributed by atoms with Gasteiger partial charge in [-0.1, -0.05) is 0 Å². The number of rotatable bonds is 2. The maximum Gasteiger partial charge on any atom is 0.410 e. The van der Waals surface area contributed by atoms with Crippen LogP contribution < -0.4 is 9.64 Å². The number of alkyl halides is 1. The number of halogens is 1. The topological polar surface area (TPSA) is 42.0 Å². The van der Waals surface area contributed by atoms with Crippen molar-refractivity contribution in [1.29, 1.82) is 0 Å². The third-order valence-corrected chi connectivity index (χ3v) is 5.08. The van der Waals surface area contributed by atoms with Crippen LogP contribution in [0.15, 0.2) is 6.07 Å². The zero-order valence-electron chi connectivity index (χ0n) is 17.1. The second-order valence-corrected chi connectivity index (χ2v) is 8.53. The summed E-state index contributed by atoms with van der Waals surface area (Å²) in [7, 11) is 0. The first kappa shape index (κ1) is 19.8. The molecule has 1 aromatic rings. The summed E-state index contributed by atoms with van der Waals surface area (Å²) in [6.45, 7) is 12.2. The molecule has 0 N–H and O–H groups in total. The first-order valence-electron chi connectivity index (χ1n) is 9.81. The number of ether oxygens (including phenoxy) is 2. The summed E-state index contributed by atoms with van der Waals surface area (Å²) >= 11 is 0. The highest BCUT2D eigenvalue weighted by molar-refractivity contribution is 5.71. The molecule has 0 unspecified atom stereocenters. The molecular weight excluding hydrogens is 347 g/mol. The Morgan fingerprint density at radius 2 is 2.00 bits per heavy atom. The Labute approximate surface area is 161 Å². The number of fused-ring (bicyclic) bond motifs is 2. The van der Waals surface area contributed by atoms with Crippen LogP contribution in [0, 0.1) is 6.92 Å². The Morgan fingerprint density at radius 1 is 1.30 bits per heavy atom. The van der Waals surface area contributed by atoms with Crippen molar-refractivity contribution in [3.8, 4) is 5.75 Å². The summed E-state index contributed by atoms with van der Waals surface area (Å²) in [5.74, 6) is 0.837. The zero-order valence-corrected chi connectivity index (χ0v) is 17.1. The number of hydrogen-bond acceptors (Lipinski definition) is 4. The molecule has 0 spiro atoms. The van der Waals surface area contributed by atoms with Gasteiger partial charge in [-0.3, -0.25) is 0 Å². The third kappa shape index (κ3) is 4.47. The van der Waals surface area contributed by atoms with E-state index in [-0.39, 0.29) is 6.09 Å². The molecule has 1 amide bonds. The first-order valence-corrected chi connectivity index (χ1v) is 9.81. The van der Waals surface area contributed by atoms with Gasteiger partial charge in [0.25, 0.3) is 0 Å². The lowest BCUT2D eigenvalue weighted by atomic mass is 9.94. The van der Waals surface area contributed by atoms with Gasteiger partial charge in [-0.2, -0.15) is 0 Å². The van der Waals surface area contributed by atoms with Crippen LogP contribution in [-0.4, -0.2) is 55.6 Å². The molecule has 2 aliphatic rings. The van der Waals surface area contributed by atoms with Crippen molar-refractivity contribution in [2.24, 2.45) is 0 Å². The molecule has 2 heterocycles. The van der Waals surface area contributed by atoms with Crippen molar-refractivity contribution >= 4 is 11.8 Å². The number of nitrogens with zero attached hydrogens (tertiary/aromatic N) is 2. The number of carbonyl (C=O) groups excluding carboxylic acids is 1.